The molecular formula is C55H44N2. The first-order chi connectivity index (χ1) is 28.2. The van der Waals surface area contributed by atoms with Gasteiger partial charge in [0.1, 0.15) is 0 Å². The lowest BCUT2D eigenvalue weighted by molar-refractivity contribution is 1.02. The SMILES string of the molecule is Cc1ccc(N(C2=CCC=CC(Cc3cccc4c3c3c5ccccc5ccc3n4C3=CCCC=C3)=C2)c2ccc(-c3ccccc3-c3ccccc3)cc2)cc1. The molecule has 0 aliphatic heterocycles. The van der Waals surface area contributed by atoms with E-state index in [2.05, 4.69) is 217 Å². The molecule has 274 valence electrons. The fraction of sp³-hybridized carbons (Fsp3) is 0.0909. The van der Waals surface area contributed by atoms with E-state index in [1.807, 2.05) is 0 Å². The van der Waals surface area contributed by atoms with Gasteiger partial charge >= 0.3 is 0 Å². The van der Waals surface area contributed by atoms with Crippen LogP contribution in [0.1, 0.15) is 30.4 Å². The van der Waals surface area contributed by atoms with Crippen molar-refractivity contribution in [2.45, 2.75) is 32.6 Å². The van der Waals surface area contributed by atoms with Crippen molar-refractivity contribution in [3.63, 3.8) is 0 Å². The van der Waals surface area contributed by atoms with Crippen molar-refractivity contribution in [1.82, 2.24) is 4.57 Å². The fourth-order valence-electron chi connectivity index (χ4n) is 8.82. The minimum absolute atomic E-state index is 0.819. The van der Waals surface area contributed by atoms with E-state index in [-0.39, 0.29) is 0 Å². The molecule has 8 aromatic rings. The number of aromatic nitrogens is 1. The predicted molar refractivity (Wildman–Crippen MR) is 244 cm³/mol. The maximum absolute atomic E-state index is 2.49. The summed E-state index contributed by atoms with van der Waals surface area (Å²) < 4.78 is 2.49. The summed E-state index contributed by atoms with van der Waals surface area (Å²) in [6.07, 6.45) is 20.3. The van der Waals surface area contributed by atoms with E-state index in [1.54, 1.807) is 0 Å². The van der Waals surface area contributed by atoms with Crippen LogP contribution in [0.5, 0.6) is 0 Å². The van der Waals surface area contributed by atoms with Gasteiger partial charge in [-0.15, -0.1) is 0 Å². The largest absolute Gasteiger partial charge is 0.311 e. The van der Waals surface area contributed by atoms with Crippen molar-refractivity contribution >= 4 is 49.7 Å². The minimum atomic E-state index is 0.819. The lowest BCUT2D eigenvalue weighted by Gasteiger charge is -2.27. The third-order valence-corrected chi connectivity index (χ3v) is 11.5. The summed E-state index contributed by atoms with van der Waals surface area (Å²) in [5.41, 5.74) is 16.0. The average Bonchev–Trinajstić information content (AvgIpc) is 3.46. The summed E-state index contributed by atoms with van der Waals surface area (Å²) in [4.78, 5) is 2.42. The first kappa shape index (κ1) is 34.6. The lowest BCUT2D eigenvalue weighted by atomic mass is 9.94. The van der Waals surface area contributed by atoms with Crippen LogP contribution in [0, 0.1) is 6.92 Å². The van der Waals surface area contributed by atoms with Crippen molar-refractivity contribution in [3.05, 3.63) is 223 Å². The highest BCUT2D eigenvalue weighted by Crippen LogP contribution is 2.41. The van der Waals surface area contributed by atoms with Gasteiger partial charge in [-0.1, -0.05) is 157 Å². The predicted octanol–water partition coefficient (Wildman–Crippen LogP) is 14.9. The van der Waals surface area contributed by atoms with E-state index in [4.69, 9.17) is 0 Å². The van der Waals surface area contributed by atoms with Crippen LogP contribution in [0.2, 0.25) is 0 Å². The molecule has 0 spiro atoms. The second kappa shape index (κ2) is 15.0. The van der Waals surface area contributed by atoms with E-state index >= 15 is 0 Å². The molecule has 0 amide bonds. The number of benzene rings is 7. The van der Waals surface area contributed by atoms with Crippen molar-refractivity contribution in [1.29, 1.82) is 0 Å². The van der Waals surface area contributed by atoms with Gasteiger partial charge in [-0.3, -0.25) is 0 Å². The number of rotatable bonds is 8. The Bertz CT molecular complexity index is 2930. The zero-order chi connectivity index (χ0) is 38.1. The second-order valence-corrected chi connectivity index (χ2v) is 15.2. The molecule has 2 aliphatic rings. The molecule has 0 radical (unpaired) electrons. The first-order valence-corrected chi connectivity index (χ1v) is 20.2. The van der Waals surface area contributed by atoms with Gasteiger partial charge in [0.15, 0.2) is 0 Å². The smallest absolute Gasteiger partial charge is 0.0547 e. The number of aryl methyl sites for hydroxylation is 1. The normalized spacial score (nSPS) is 14.1. The molecule has 2 heteroatoms. The van der Waals surface area contributed by atoms with Crippen LogP contribution in [0.25, 0.3) is 60.5 Å². The van der Waals surface area contributed by atoms with Crippen LogP contribution >= 0.6 is 0 Å². The summed E-state index contributed by atoms with van der Waals surface area (Å²) in [5, 5.41) is 5.25. The van der Waals surface area contributed by atoms with Crippen LogP contribution in [0.15, 0.2) is 212 Å². The molecule has 1 heterocycles. The maximum atomic E-state index is 2.49. The van der Waals surface area contributed by atoms with E-state index in [0.29, 0.717) is 0 Å². The van der Waals surface area contributed by atoms with Gasteiger partial charge in [-0.25, -0.2) is 0 Å². The minimum Gasteiger partial charge on any atom is -0.311 e. The Morgan fingerprint density at radius 1 is 0.544 bits per heavy atom. The number of nitrogens with zero attached hydrogens (tertiary/aromatic N) is 2. The highest BCUT2D eigenvalue weighted by Gasteiger charge is 2.20. The number of allylic oxidation sites excluding steroid dienone is 9. The Labute approximate surface area is 335 Å². The lowest BCUT2D eigenvalue weighted by Crippen LogP contribution is -2.15. The van der Waals surface area contributed by atoms with Crippen molar-refractivity contribution in [2.75, 3.05) is 4.90 Å². The fourth-order valence-corrected chi connectivity index (χ4v) is 8.82. The van der Waals surface area contributed by atoms with Crippen LogP contribution in [-0.4, -0.2) is 4.57 Å². The molecular weight excluding hydrogens is 689 g/mol. The highest BCUT2D eigenvalue weighted by molar-refractivity contribution is 6.23. The molecule has 0 bridgehead atoms. The van der Waals surface area contributed by atoms with Gasteiger partial charge in [-0.2, -0.15) is 0 Å². The topological polar surface area (TPSA) is 8.17 Å². The Morgan fingerprint density at radius 2 is 1.25 bits per heavy atom. The Morgan fingerprint density at radius 3 is 2.02 bits per heavy atom. The van der Waals surface area contributed by atoms with Gasteiger partial charge in [0.2, 0.25) is 0 Å². The van der Waals surface area contributed by atoms with Gasteiger partial charge in [0.25, 0.3) is 0 Å². The van der Waals surface area contributed by atoms with Gasteiger partial charge < -0.3 is 9.47 Å². The van der Waals surface area contributed by atoms with E-state index in [0.717, 1.165) is 37.1 Å². The molecule has 0 atom stereocenters. The maximum Gasteiger partial charge on any atom is 0.0547 e. The second-order valence-electron chi connectivity index (χ2n) is 15.2. The van der Waals surface area contributed by atoms with Crippen molar-refractivity contribution in [3.8, 4) is 22.3 Å². The average molecular weight is 733 g/mol. The Hall–Kier alpha value is -6.90. The molecule has 57 heavy (non-hydrogen) atoms. The summed E-state index contributed by atoms with van der Waals surface area (Å²) in [6.45, 7) is 2.15. The third kappa shape index (κ3) is 6.54. The number of anilines is 2. The zero-order valence-electron chi connectivity index (χ0n) is 32.3. The van der Waals surface area contributed by atoms with Crippen LogP contribution in [0.3, 0.4) is 0 Å². The van der Waals surface area contributed by atoms with E-state index < -0.39 is 0 Å². The highest BCUT2D eigenvalue weighted by atomic mass is 15.1. The third-order valence-electron chi connectivity index (χ3n) is 11.5. The molecule has 0 saturated carbocycles. The zero-order valence-corrected chi connectivity index (χ0v) is 32.3. The Balaban J connectivity index is 1.07. The van der Waals surface area contributed by atoms with Gasteiger partial charge in [-0.05, 0) is 125 Å². The number of hydrogen-bond donors (Lipinski definition) is 0. The summed E-state index contributed by atoms with van der Waals surface area (Å²) in [7, 11) is 0. The molecule has 2 nitrogen and oxygen atoms in total. The van der Waals surface area contributed by atoms with Gasteiger partial charge in [0, 0.05) is 33.5 Å². The summed E-state index contributed by atoms with van der Waals surface area (Å²) >= 11 is 0. The molecule has 10 rings (SSSR count). The Kier molecular flexibility index (Phi) is 9.08. The quantitative estimate of drug-likeness (QED) is 0.151. The molecule has 0 fully saturated rings. The standard InChI is InChI=1S/C55H44N2/c1-39-27-32-46(33-28-39)56(47-34-29-43(30-35-47)50-24-13-12-23-49(50)41-16-4-2-5-17-41)48-22-10-8-15-40(38-48)37-44-19-14-26-52-54(44)55-51-25-11-9-18-42(51)31-36-53(55)57(52)45-20-6-3-7-21-45/h2,4-6,8-9,11-36,38H,3,7,10,37H2,1H3. The van der Waals surface area contributed by atoms with Crippen LogP contribution < -0.4 is 4.90 Å². The van der Waals surface area contributed by atoms with Crippen LogP contribution in [0.4, 0.5) is 11.4 Å². The molecule has 7 aromatic carbocycles. The molecule has 0 N–H and O–H groups in total. The molecule has 1 aromatic heterocycles. The monoisotopic (exact) mass is 732 g/mol. The van der Waals surface area contributed by atoms with Crippen molar-refractivity contribution < 1.29 is 0 Å². The van der Waals surface area contributed by atoms with Gasteiger partial charge in [0.05, 0.1) is 11.0 Å². The van der Waals surface area contributed by atoms with E-state index in [9.17, 15) is 0 Å². The van der Waals surface area contributed by atoms with E-state index in [1.165, 1.54) is 82.9 Å². The molecule has 0 unspecified atom stereocenters. The van der Waals surface area contributed by atoms with Crippen molar-refractivity contribution in [2.24, 2.45) is 0 Å². The summed E-state index contributed by atoms with van der Waals surface area (Å²) in [5.74, 6) is 0. The number of hydrogen-bond acceptors (Lipinski definition) is 1. The molecule has 2 aliphatic carbocycles. The van der Waals surface area contributed by atoms with Crippen LogP contribution in [-0.2, 0) is 6.42 Å². The summed E-state index contributed by atoms with van der Waals surface area (Å²) in [6, 6.07) is 57.7. The molecule has 0 saturated heterocycles. The first-order valence-electron chi connectivity index (χ1n) is 20.2. The number of fused-ring (bicyclic) bond motifs is 5.